The molecule has 0 amide bonds. The Morgan fingerprint density at radius 2 is 0.917 bits per heavy atom. The summed E-state index contributed by atoms with van der Waals surface area (Å²) in [5.41, 5.74) is 0. The van der Waals surface area contributed by atoms with Crippen LogP contribution in [0, 0.1) is 0 Å². The largest absolute Gasteiger partial charge is 0.0683 e. The first-order chi connectivity index (χ1) is 5.91. The Balaban J connectivity index is -0.0000000994. The third-order valence-electron chi connectivity index (χ3n) is 1.06. The molecule has 1 rings (SSSR count). The smallest absolute Gasteiger partial charge is 0.0533 e. The highest BCUT2D eigenvalue weighted by molar-refractivity contribution is 4.50. The molecule has 0 aliphatic heterocycles. The normalized spacial score (nSPS) is 10.5. The molecular weight excluding hydrogens is 144 g/mol. The van der Waals surface area contributed by atoms with Crippen molar-refractivity contribution < 1.29 is 0 Å². The Labute approximate surface area is 80.8 Å². The number of unbranched alkanes of at least 4 members (excludes halogenated alkanes) is 2. The molecule has 1 aliphatic carbocycles. The van der Waals surface area contributed by atoms with Gasteiger partial charge in [0.2, 0.25) is 0 Å². The van der Waals surface area contributed by atoms with Crippen molar-refractivity contribution in [2.24, 2.45) is 0 Å². The number of hydrogen-bond acceptors (Lipinski definition) is 0. The molecule has 0 aromatic rings. The zero-order chi connectivity index (χ0) is 10.2. The fourth-order valence-corrected chi connectivity index (χ4v) is 0.354. The maximum absolute atomic E-state index is 2.21. The molecule has 1 aliphatic rings. The lowest BCUT2D eigenvalue weighted by atomic mass is 10.3. The third-order valence-corrected chi connectivity index (χ3v) is 1.06. The van der Waals surface area contributed by atoms with Crippen LogP contribution in [0.1, 0.15) is 80.1 Å². The van der Waals surface area contributed by atoms with Crippen LogP contribution in [0.5, 0.6) is 0 Å². The van der Waals surface area contributed by atoms with Crippen LogP contribution in [0.15, 0.2) is 0 Å². The Kier molecular flexibility index (Phi) is 45.6. The summed E-state index contributed by atoms with van der Waals surface area (Å²) in [4.78, 5) is 0. The van der Waals surface area contributed by atoms with E-state index in [1.807, 2.05) is 27.7 Å². The van der Waals surface area contributed by atoms with E-state index in [0.717, 1.165) is 0 Å². The molecule has 0 nitrogen and oxygen atoms in total. The molecule has 0 N–H and O–H groups in total. The quantitative estimate of drug-likeness (QED) is 0.524. The Hall–Kier alpha value is 0. The van der Waals surface area contributed by atoms with Gasteiger partial charge in [-0.25, -0.2) is 0 Å². The standard InChI is InChI=1S/C5H12.C3H6.2C2H6/c1-3-5-4-2;1-2-3-1;2*1-2/h3-5H2,1-2H3;1-3H2;2*1-2H3. The highest BCUT2D eigenvalue weighted by atomic mass is 14.0. The average Bonchev–Trinajstić information content (AvgIpc) is 2.99. The van der Waals surface area contributed by atoms with E-state index >= 15 is 0 Å². The van der Waals surface area contributed by atoms with Gasteiger partial charge in [0.05, 0.1) is 0 Å². The van der Waals surface area contributed by atoms with Gasteiger partial charge in [0, 0.05) is 0 Å². The molecular formula is C12H30. The third kappa shape index (κ3) is 90.0. The second-order valence-electron chi connectivity index (χ2n) is 2.41. The molecule has 0 atom stereocenters. The van der Waals surface area contributed by atoms with Crippen molar-refractivity contribution in [1.29, 1.82) is 0 Å². The summed E-state index contributed by atoms with van der Waals surface area (Å²) < 4.78 is 0. The van der Waals surface area contributed by atoms with Gasteiger partial charge in [-0.05, 0) is 0 Å². The molecule has 0 heteroatoms. The van der Waals surface area contributed by atoms with Crippen LogP contribution in [0.4, 0.5) is 0 Å². The summed E-state index contributed by atoms with van der Waals surface area (Å²) in [5.74, 6) is 0. The van der Waals surface area contributed by atoms with Crippen molar-refractivity contribution in [2.75, 3.05) is 0 Å². The van der Waals surface area contributed by atoms with Gasteiger partial charge in [-0.1, -0.05) is 80.1 Å². The Morgan fingerprint density at radius 1 is 0.667 bits per heavy atom. The number of rotatable bonds is 2. The number of hydrogen-bond donors (Lipinski definition) is 0. The van der Waals surface area contributed by atoms with E-state index in [-0.39, 0.29) is 0 Å². The molecule has 0 heterocycles. The van der Waals surface area contributed by atoms with Crippen LogP contribution in [-0.4, -0.2) is 0 Å². The van der Waals surface area contributed by atoms with Crippen molar-refractivity contribution in [3.63, 3.8) is 0 Å². The van der Waals surface area contributed by atoms with E-state index in [1.165, 1.54) is 38.5 Å². The van der Waals surface area contributed by atoms with Crippen LogP contribution in [0.2, 0.25) is 0 Å². The van der Waals surface area contributed by atoms with Gasteiger partial charge in [-0.2, -0.15) is 0 Å². The lowest BCUT2D eigenvalue weighted by Crippen LogP contribution is -1.59. The fourth-order valence-electron chi connectivity index (χ4n) is 0.354. The molecule has 0 aromatic carbocycles. The second kappa shape index (κ2) is 30.6. The highest BCUT2D eigenvalue weighted by Gasteiger charge is 1.95. The van der Waals surface area contributed by atoms with Crippen molar-refractivity contribution in [3.8, 4) is 0 Å². The Bertz CT molecular complexity index is 24.3. The summed E-state index contributed by atoms with van der Waals surface area (Å²) in [7, 11) is 0. The van der Waals surface area contributed by atoms with Crippen molar-refractivity contribution in [3.05, 3.63) is 0 Å². The van der Waals surface area contributed by atoms with E-state index in [0.29, 0.717) is 0 Å². The first kappa shape index (κ1) is 17.9. The first-order valence-electron chi connectivity index (χ1n) is 5.91. The molecule has 0 saturated heterocycles. The molecule has 1 fully saturated rings. The summed E-state index contributed by atoms with van der Waals surface area (Å²) in [6.45, 7) is 12.4. The van der Waals surface area contributed by atoms with E-state index in [2.05, 4.69) is 13.8 Å². The van der Waals surface area contributed by atoms with E-state index < -0.39 is 0 Å². The zero-order valence-electron chi connectivity index (χ0n) is 10.2. The van der Waals surface area contributed by atoms with E-state index in [9.17, 15) is 0 Å². The maximum Gasteiger partial charge on any atom is -0.0533 e. The van der Waals surface area contributed by atoms with Gasteiger partial charge in [0.1, 0.15) is 0 Å². The lowest BCUT2D eigenvalue weighted by molar-refractivity contribution is 0.772. The predicted molar refractivity (Wildman–Crippen MR) is 61.7 cm³/mol. The molecule has 78 valence electrons. The van der Waals surface area contributed by atoms with Gasteiger partial charge < -0.3 is 0 Å². The van der Waals surface area contributed by atoms with Crippen molar-refractivity contribution in [2.45, 2.75) is 80.1 Å². The fraction of sp³-hybridized carbons (Fsp3) is 1.00. The van der Waals surface area contributed by atoms with Crippen LogP contribution in [0.25, 0.3) is 0 Å². The average molecular weight is 174 g/mol. The van der Waals surface area contributed by atoms with Gasteiger partial charge in [-0.15, -0.1) is 0 Å². The summed E-state index contributed by atoms with van der Waals surface area (Å²) in [6.07, 6.45) is 8.58. The molecule has 12 heavy (non-hydrogen) atoms. The topological polar surface area (TPSA) is 0 Å². The summed E-state index contributed by atoms with van der Waals surface area (Å²) >= 11 is 0. The summed E-state index contributed by atoms with van der Waals surface area (Å²) in [6, 6.07) is 0. The molecule has 0 unspecified atom stereocenters. The molecule has 0 aromatic heterocycles. The highest BCUT2D eigenvalue weighted by Crippen LogP contribution is 2.14. The molecule has 0 spiro atoms. The minimum absolute atomic E-state index is 1.34. The van der Waals surface area contributed by atoms with Gasteiger partial charge in [-0.3, -0.25) is 0 Å². The Morgan fingerprint density at radius 3 is 0.917 bits per heavy atom. The second-order valence-corrected chi connectivity index (χ2v) is 2.41. The monoisotopic (exact) mass is 174 g/mol. The summed E-state index contributed by atoms with van der Waals surface area (Å²) in [5, 5.41) is 0. The van der Waals surface area contributed by atoms with E-state index in [4.69, 9.17) is 0 Å². The van der Waals surface area contributed by atoms with Crippen LogP contribution in [-0.2, 0) is 0 Å². The van der Waals surface area contributed by atoms with Gasteiger partial charge in [0.25, 0.3) is 0 Å². The SMILES string of the molecule is C1CC1.CC.CC.CCCCC. The molecule has 0 bridgehead atoms. The predicted octanol–water partition coefficient (Wildman–Crippen LogP) is 5.42. The minimum Gasteiger partial charge on any atom is -0.0683 e. The maximum atomic E-state index is 2.21. The van der Waals surface area contributed by atoms with Crippen LogP contribution >= 0.6 is 0 Å². The van der Waals surface area contributed by atoms with Crippen molar-refractivity contribution >= 4 is 0 Å². The minimum atomic E-state index is 1.34. The van der Waals surface area contributed by atoms with Crippen LogP contribution in [0.3, 0.4) is 0 Å². The van der Waals surface area contributed by atoms with E-state index in [1.54, 1.807) is 0 Å². The molecule has 0 radical (unpaired) electrons. The van der Waals surface area contributed by atoms with Gasteiger partial charge in [0.15, 0.2) is 0 Å². The van der Waals surface area contributed by atoms with Crippen molar-refractivity contribution in [1.82, 2.24) is 0 Å². The van der Waals surface area contributed by atoms with Gasteiger partial charge >= 0.3 is 0 Å². The van der Waals surface area contributed by atoms with Crippen LogP contribution < -0.4 is 0 Å². The first-order valence-corrected chi connectivity index (χ1v) is 5.91. The molecule has 1 saturated carbocycles. The lowest BCUT2D eigenvalue weighted by Gasteiger charge is -1.79. The zero-order valence-corrected chi connectivity index (χ0v) is 10.2.